The van der Waals surface area contributed by atoms with Crippen LogP contribution in [0.4, 0.5) is 5.82 Å². The van der Waals surface area contributed by atoms with Crippen molar-refractivity contribution in [3.05, 3.63) is 11.5 Å². The quantitative estimate of drug-likeness (QED) is 0.819. The molecule has 0 aromatic carbocycles. The maximum absolute atomic E-state index is 5.91. The molecule has 0 saturated heterocycles. The van der Waals surface area contributed by atoms with Crippen molar-refractivity contribution in [3.8, 4) is 5.75 Å². The first-order chi connectivity index (χ1) is 8.21. The number of ether oxygens (including phenoxy) is 2. The second-order valence-electron chi connectivity index (χ2n) is 4.14. The van der Waals surface area contributed by atoms with Crippen molar-refractivity contribution < 1.29 is 9.47 Å². The van der Waals surface area contributed by atoms with Gasteiger partial charge in [0.05, 0.1) is 12.7 Å². The zero-order valence-electron chi connectivity index (χ0n) is 9.99. The first-order valence-electron chi connectivity index (χ1n) is 5.54. The van der Waals surface area contributed by atoms with Gasteiger partial charge in [-0.25, -0.2) is 9.97 Å². The van der Waals surface area contributed by atoms with Gasteiger partial charge in [0, 0.05) is 13.7 Å². The third-order valence-electron chi connectivity index (χ3n) is 3.24. The first kappa shape index (κ1) is 12.4. The Morgan fingerprint density at radius 3 is 2.71 bits per heavy atom. The summed E-state index contributed by atoms with van der Waals surface area (Å²) >= 11 is 5.91. The Labute approximate surface area is 105 Å². The van der Waals surface area contributed by atoms with E-state index in [9.17, 15) is 0 Å². The molecular formula is C11H16ClN3O2. The number of nitrogens with zero attached hydrogens (tertiary/aromatic N) is 2. The van der Waals surface area contributed by atoms with E-state index in [0.717, 1.165) is 12.8 Å². The third-order valence-corrected chi connectivity index (χ3v) is 3.51. The Morgan fingerprint density at radius 2 is 2.18 bits per heavy atom. The van der Waals surface area contributed by atoms with E-state index in [1.165, 1.54) is 12.7 Å². The topological polar surface area (TPSA) is 56.3 Å². The van der Waals surface area contributed by atoms with Gasteiger partial charge in [-0.1, -0.05) is 11.6 Å². The van der Waals surface area contributed by atoms with Crippen LogP contribution in [0.3, 0.4) is 0 Å². The summed E-state index contributed by atoms with van der Waals surface area (Å²) in [6.45, 7) is 0.702. The average molecular weight is 258 g/mol. The Bertz CT molecular complexity index is 391. The van der Waals surface area contributed by atoms with E-state index in [2.05, 4.69) is 15.3 Å². The van der Waals surface area contributed by atoms with Gasteiger partial charge in [-0.15, -0.1) is 0 Å². The maximum Gasteiger partial charge on any atom is 0.198 e. The second kappa shape index (κ2) is 5.06. The zero-order valence-corrected chi connectivity index (χ0v) is 10.8. The maximum atomic E-state index is 5.91. The van der Waals surface area contributed by atoms with Crippen molar-refractivity contribution in [3.63, 3.8) is 0 Å². The molecule has 1 heterocycles. The molecule has 0 bridgehead atoms. The van der Waals surface area contributed by atoms with Crippen LogP contribution in [0.1, 0.15) is 19.3 Å². The lowest BCUT2D eigenvalue weighted by Crippen LogP contribution is -2.45. The standard InChI is InChI=1S/C11H16ClN3O2/c1-16-8-9(12)14-7-15-10(8)13-6-11(17-2)4-3-5-11/h7H,3-6H2,1-2H3,(H,13,14,15). The zero-order chi connectivity index (χ0) is 12.3. The number of aromatic nitrogens is 2. The van der Waals surface area contributed by atoms with E-state index in [4.69, 9.17) is 21.1 Å². The van der Waals surface area contributed by atoms with Crippen LogP contribution in [0.5, 0.6) is 5.75 Å². The molecule has 0 atom stereocenters. The molecule has 1 aliphatic carbocycles. The van der Waals surface area contributed by atoms with Gasteiger partial charge in [0.2, 0.25) is 0 Å². The number of hydrogen-bond acceptors (Lipinski definition) is 5. The molecular weight excluding hydrogens is 242 g/mol. The van der Waals surface area contributed by atoms with Crippen molar-refractivity contribution in [2.24, 2.45) is 0 Å². The predicted octanol–water partition coefficient (Wildman–Crippen LogP) is 2.12. The van der Waals surface area contributed by atoms with Crippen molar-refractivity contribution in [1.29, 1.82) is 0 Å². The third kappa shape index (κ3) is 2.45. The van der Waals surface area contributed by atoms with Gasteiger partial charge in [-0.3, -0.25) is 0 Å². The lowest BCUT2D eigenvalue weighted by atomic mass is 9.80. The molecule has 1 aromatic rings. The van der Waals surface area contributed by atoms with Crippen LogP contribution < -0.4 is 10.1 Å². The van der Waals surface area contributed by atoms with E-state index in [1.54, 1.807) is 14.2 Å². The average Bonchev–Trinajstić information content (AvgIpc) is 2.28. The minimum Gasteiger partial charge on any atom is -0.490 e. The summed E-state index contributed by atoms with van der Waals surface area (Å²) in [5, 5.41) is 3.52. The summed E-state index contributed by atoms with van der Waals surface area (Å²) in [4.78, 5) is 7.99. The van der Waals surface area contributed by atoms with E-state index < -0.39 is 0 Å². The van der Waals surface area contributed by atoms with Crippen LogP contribution in [0, 0.1) is 0 Å². The van der Waals surface area contributed by atoms with E-state index in [-0.39, 0.29) is 5.60 Å². The van der Waals surface area contributed by atoms with Crippen LogP contribution in [-0.2, 0) is 4.74 Å². The first-order valence-corrected chi connectivity index (χ1v) is 5.92. The number of hydrogen-bond donors (Lipinski definition) is 1. The fourth-order valence-corrected chi connectivity index (χ4v) is 2.14. The van der Waals surface area contributed by atoms with Gasteiger partial charge in [0.25, 0.3) is 0 Å². The Balaban J connectivity index is 2.06. The summed E-state index contributed by atoms with van der Waals surface area (Å²) in [5.41, 5.74) is -0.0670. The molecule has 94 valence electrons. The van der Waals surface area contributed by atoms with Crippen LogP contribution in [-0.4, -0.2) is 36.3 Å². The number of halogens is 1. The predicted molar refractivity (Wildman–Crippen MR) is 65.7 cm³/mol. The van der Waals surface area contributed by atoms with E-state index in [1.807, 2.05) is 0 Å². The molecule has 0 radical (unpaired) electrons. The molecule has 1 saturated carbocycles. The van der Waals surface area contributed by atoms with Crippen LogP contribution in [0.2, 0.25) is 5.15 Å². The molecule has 1 N–H and O–H groups in total. The molecule has 2 rings (SSSR count). The molecule has 5 nitrogen and oxygen atoms in total. The van der Waals surface area contributed by atoms with E-state index >= 15 is 0 Å². The molecule has 0 aliphatic heterocycles. The number of rotatable bonds is 5. The summed E-state index contributed by atoms with van der Waals surface area (Å²) in [6, 6.07) is 0. The molecule has 6 heteroatoms. The monoisotopic (exact) mass is 257 g/mol. The summed E-state index contributed by atoms with van der Waals surface area (Å²) in [7, 11) is 3.29. The van der Waals surface area contributed by atoms with Crippen molar-refractivity contribution in [1.82, 2.24) is 9.97 Å². The van der Waals surface area contributed by atoms with Crippen molar-refractivity contribution in [2.75, 3.05) is 26.1 Å². The molecule has 0 amide bonds. The molecule has 1 fully saturated rings. The number of nitrogens with one attached hydrogen (secondary N) is 1. The largest absolute Gasteiger partial charge is 0.490 e. The highest BCUT2D eigenvalue weighted by Gasteiger charge is 2.37. The molecule has 17 heavy (non-hydrogen) atoms. The van der Waals surface area contributed by atoms with Gasteiger partial charge < -0.3 is 14.8 Å². The minimum atomic E-state index is -0.0670. The Morgan fingerprint density at radius 1 is 1.41 bits per heavy atom. The van der Waals surface area contributed by atoms with Crippen molar-refractivity contribution >= 4 is 17.4 Å². The fraction of sp³-hybridized carbons (Fsp3) is 0.636. The van der Waals surface area contributed by atoms with Gasteiger partial charge in [0.1, 0.15) is 6.33 Å². The summed E-state index contributed by atoms with van der Waals surface area (Å²) in [5.74, 6) is 1.08. The van der Waals surface area contributed by atoms with Gasteiger partial charge in [0.15, 0.2) is 16.7 Å². The molecule has 0 unspecified atom stereocenters. The lowest BCUT2D eigenvalue weighted by Gasteiger charge is -2.40. The summed E-state index contributed by atoms with van der Waals surface area (Å²) < 4.78 is 10.7. The van der Waals surface area contributed by atoms with Crippen LogP contribution >= 0.6 is 11.6 Å². The number of methoxy groups -OCH3 is 2. The fourth-order valence-electron chi connectivity index (χ4n) is 1.93. The highest BCUT2D eigenvalue weighted by molar-refractivity contribution is 6.31. The minimum absolute atomic E-state index is 0.0670. The van der Waals surface area contributed by atoms with Gasteiger partial charge in [-0.05, 0) is 19.3 Å². The Hall–Kier alpha value is -1.07. The molecule has 1 aliphatic rings. The SMILES string of the molecule is COc1c(Cl)ncnc1NCC1(OC)CCC1. The highest BCUT2D eigenvalue weighted by Crippen LogP contribution is 2.36. The Kier molecular flexibility index (Phi) is 3.69. The van der Waals surface area contributed by atoms with E-state index in [0.29, 0.717) is 23.3 Å². The summed E-state index contributed by atoms with van der Waals surface area (Å²) in [6.07, 6.45) is 4.75. The van der Waals surface area contributed by atoms with Gasteiger partial charge >= 0.3 is 0 Å². The normalized spacial score (nSPS) is 17.4. The van der Waals surface area contributed by atoms with Crippen LogP contribution in [0.25, 0.3) is 0 Å². The molecule has 0 spiro atoms. The molecule has 1 aromatic heterocycles. The number of anilines is 1. The highest BCUT2D eigenvalue weighted by atomic mass is 35.5. The van der Waals surface area contributed by atoms with Gasteiger partial charge in [-0.2, -0.15) is 0 Å². The lowest BCUT2D eigenvalue weighted by molar-refractivity contribution is -0.0601. The second-order valence-corrected chi connectivity index (χ2v) is 4.50. The van der Waals surface area contributed by atoms with Crippen molar-refractivity contribution in [2.45, 2.75) is 24.9 Å². The van der Waals surface area contributed by atoms with Crippen LogP contribution in [0.15, 0.2) is 6.33 Å². The smallest absolute Gasteiger partial charge is 0.198 e.